The summed E-state index contributed by atoms with van der Waals surface area (Å²) in [5.74, 6) is 0. The predicted octanol–water partition coefficient (Wildman–Crippen LogP) is 4.62. The molecule has 0 bridgehead atoms. The van der Waals surface area contributed by atoms with E-state index in [0.29, 0.717) is 0 Å². The lowest BCUT2D eigenvalue weighted by Crippen LogP contribution is -2.12. The number of nitrogens with zero attached hydrogens (tertiary/aromatic N) is 1. The lowest BCUT2D eigenvalue weighted by atomic mass is 10.1. The number of fused-ring (bicyclic) bond motifs is 4. The van der Waals surface area contributed by atoms with Gasteiger partial charge in [-0.2, -0.15) is 0 Å². The summed E-state index contributed by atoms with van der Waals surface area (Å²) in [5, 5.41) is 0.797. The fourth-order valence-corrected chi connectivity index (χ4v) is 4.50. The average molecular weight is 315 g/mol. The molecule has 0 saturated heterocycles. The van der Waals surface area contributed by atoms with E-state index in [9.17, 15) is 4.79 Å². The zero-order chi connectivity index (χ0) is 15.4. The van der Waals surface area contributed by atoms with E-state index in [1.54, 1.807) is 0 Å². The number of benzene rings is 3. The second kappa shape index (κ2) is 4.67. The average Bonchev–Trinajstić information content (AvgIpc) is 3.13. The van der Waals surface area contributed by atoms with Crippen molar-refractivity contribution >= 4 is 21.6 Å². The molecule has 1 heterocycles. The first-order valence-electron chi connectivity index (χ1n) is 7.64. The molecule has 1 aliphatic rings. The van der Waals surface area contributed by atoms with Crippen molar-refractivity contribution in [2.24, 2.45) is 0 Å². The standard InChI is InChI=1S/C20H13NOS/c22-20-16-8-3-4-11-19(16)23-21(20)18-10-5-9-15-14-7-2-1-6-13(14)12-17(15)18/h1-11H,12H2. The van der Waals surface area contributed by atoms with Crippen LogP contribution in [-0.4, -0.2) is 3.96 Å². The molecule has 3 heteroatoms. The fraction of sp³-hybridized carbons (Fsp3) is 0.0500. The van der Waals surface area contributed by atoms with E-state index in [1.807, 2.05) is 34.3 Å². The van der Waals surface area contributed by atoms with Gasteiger partial charge >= 0.3 is 0 Å². The highest BCUT2D eigenvalue weighted by Crippen LogP contribution is 2.39. The van der Waals surface area contributed by atoms with Crippen LogP contribution in [0.2, 0.25) is 0 Å². The van der Waals surface area contributed by atoms with E-state index in [2.05, 4.69) is 36.4 Å². The second-order valence-electron chi connectivity index (χ2n) is 5.82. The highest BCUT2D eigenvalue weighted by molar-refractivity contribution is 7.14. The summed E-state index contributed by atoms with van der Waals surface area (Å²) in [7, 11) is 0. The van der Waals surface area contributed by atoms with Gasteiger partial charge in [-0.25, -0.2) is 3.96 Å². The van der Waals surface area contributed by atoms with Crippen LogP contribution < -0.4 is 5.56 Å². The largest absolute Gasteiger partial charge is 0.273 e. The topological polar surface area (TPSA) is 22.0 Å². The fourth-order valence-electron chi connectivity index (χ4n) is 3.46. The Morgan fingerprint density at radius 1 is 0.826 bits per heavy atom. The molecular formula is C20H13NOS. The molecule has 0 unspecified atom stereocenters. The summed E-state index contributed by atoms with van der Waals surface area (Å²) < 4.78 is 2.88. The van der Waals surface area contributed by atoms with Gasteiger partial charge in [0.05, 0.1) is 15.8 Å². The third kappa shape index (κ3) is 1.77. The van der Waals surface area contributed by atoms with Crippen molar-refractivity contribution in [1.82, 2.24) is 3.96 Å². The van der Waals surface area contributed by atoms with Crippen LogP contribution in [-0.2, 0) is 6.42 Å². The van der Waals surface area contributed by atoms with Crippen molar-refractivity contribution < 1.29 is 0 Å². The quantitative estimate of drug-likeness (QED) is 0.442. The van der Waals surface area contributed by atoms with Crippen molar-refractivity contribution in [2.75, 3.05) is 0 Å². The lowest BCUT2D eigenvalue weighted by molar-refractivity contribution is 1.10. The summed E-state index contributed by atoms with van der Waals surface area (Å²) in [6.07, 6.45) is 0.891. The highest BCUT2D eigenvalue weighted by atomic mass is 32.1. The van der Waals surface area contributed by atoms with Crippen LogP contribution in [0.5, 0.6) is 0 Å². The van der Waals surface area contributed by atoms with Gasteiger partial charge in [-0.05, 0) is 40.5 Å². The number of hydrogen-bond donors (Lipinski definition) is 0. The molecule has 0 fully saturated rings. The molecule has 0 amide bonds. The molecule has 0 aliphatic heterocycles. The van der Waals surface area contributed by atoms with E-state index >= 15 is 0 Å². The molecule has 0 saturated carbocycles. The first-order valence-corrected chi connectivity index (χ1v) is 8.42. The Balaban J connectivity index is 1.80. The van der Waals surface area contributed by atoms with Gasteiger partial charge in [0.2, 0.25) is 0 Å². The van der Waals surface area contributed by atoms with Crippen molar-refractivity contribution in [1.29, 1.82) is 0 Å². The van der Waals surface area contributed by atoms with Crippen molar-refractivity contribution in [3.8, 4) is 16.8 Å². The van der Waals surface area contributed by atoms with Crippen LogP contribution in [0, 0.1) is 0 Å². The molecule has 0 N–H and O–H groups in total. The van der Waals surface area contributed by atoms with Crippen molar-refractivity contribution in [3.63, 3.8) is 0 Å². The molecule has 0 radical (unpaired) electrons. The molecule has 23 heavy (non-hydrogen) atoms. The van der Waals surface area contributed by atoms with Crippen LogP contribution >= 0.6 is 11.5 Å². The molecule has 110 valence electrons. The Labute approximate surface area is 137 Å². The minimum atomic E-state index is 0.0787. The van der Waals surface area contributed by atoms with E-state index in [-0.39, 0.29) is 5.56 Å². The molecule has 5 rings (SSSR count). The Kier molecular flexibility index (Phi) is 2.61. The Hall–Kier alpha value is -2.65. The van der Waals surface area contributed by atoms with Crippen LogP contribution in [0.1, 0.15) is 11.1 Å². The van der Waals surface area contributed by atoms with Crippen molar-refractivity contribution in [3.05, 3.63) is 88.2 Å². The maximum Gasteiger partial charge on any atom is 0.273 e. The van der Waals surface area contributed by atoms with Crippen LogP contribution in [0.25, 0.3) is 26.9 Å². The third-order valence-electron chi connectivity index (χ3n) is 4.54. The zero-order valence-electron chi connectivity index (χ0n) is 12.3. The minimum absolute atomic E-state index is 0.0787. The van der Waals surface area contributed by atoms with Gasteiger partial charge in [0.1, 0.15) is 0 Å². The van der Waals surface area contributed by atoms with E-state index < -0.39 is 0 Å². The highest BCUT2D eigenvalue weighted by Gasteiger charge is 2.22. The molecule has 2 nitrogen and oxygen atoms in total. The van der Waals surface area contributed by atoms with Gasteiger partial charge < -0.3 is 0 Å². The normalized spacial score (nSPS) is 12.3. The summed E-state index contributed by atoms with van der Waals surface area (Å²) in [4.78, 5) is 12.8. The molecule has 0 spiro atoms. The predicted molar refractivity (Wildman–Crippen MR) is 95.7 cm³/mol. The van der Waals surface area contributed by atoms with Crippen LogP contribution in [0.15, 0.2) is 71.5 Å². The molecule has 3 aromatic carbocycles. The van der Waals surface area contributed by atoms with E-state index in [0.717, 1.165) is 22.2 Å². The van der Waals surface area contributed by atoms with Gasteiger partial charge in [0.25, 0.3) is 5.56 Å². The molecule has 1 aromatic heterocycles. The number of hydrogen-bond acceptors (Lipinski definition) is 2. The molecule has 0 atom stereocenters. The summed E-state index contributed by atoms with van der Waals surface area (Å²) in [6.45, 7) is 0. The first-order chi connectivity index (χ1) is 11.3. The van der Waals surface area contributed by atoms with Gasteiger partial charge in [0.15, 0.2) is 0 Å². The van der Waals surface area contributed by atoms with Crippen LogP contribution in [0.4, 0.5) is 0 Å². The van der Waals surface area contributed by atoms with E-state index in [1.165, 1.54) is 33.8 Å². The zero-order valence-corrected chi connectivity index (χ0v) is 13.1. The molecule has 4 aromatic rings. The smallest absolute Gasteiger partial charge is 0.267 e. The second-order valence-corrected chi connectivity index (χ2v) is 6.81. The van der Waals surface area contributed by atoms with Gasteiger partial charge in [0, 0.05) is 6.42 Å². The summed E-state index contributed by atoms with van der Waals surface area (Å²) >= 11 is 1.53. The maximum absolute atomic E-state index is 12.8. The van der Waals surface area contributed by atoms with Gasteiger partial charge in [-0.1, -0.05) is 60.1 Å². The third-order valence-corrected chi connectivity index (χ3v) is 5.63. The first kappa shape index (κ1) is 12.9. The Morgan fingerprint density at radius 2 is 1.61 bits per heavy atom. The number of rotatable bonds is 1. The minimum Gasteiger partial charge on any atom is -0.267 e. The van der Waals surface area contributed by atoms with E-state index in [4.69, 9.17) is 0 Å². The summed E-state index contributed by atoms with van der Waals surface area (Å²) in [5.41, 5.74) is 6.23. The van der Waals surface area contributed by atoms with Gasteiger partial charge in [-0.15, -0.1) is 0 Å². The Bertz CT molecular complexity index is 1120. The SMILES string of the molecule is O=c1c2ccccc2sn1-c1cccc2c1Cc1ccccc1-2. The van der Waals surface area contributed by atoms with Crippen LogP contribution in [0.3, 0.4) is 0 Å². The number of aromatic nitrogens is 1. The molecule has 1 aliphatic carbocycles. The maximum atomic E-state index is 12.8. The summed E-state index contributed by atoms with van der Waals surface area (Å²) in [6, 6.07) is 22.6. The molecular weight excluding hydrogens is 302 g/mol. The monoisotopic (exact) mass is 315 g/mol. The Morgan fingerprint density at radius 3 is 2.52 bits per heavy atom. The van der Waals surface area contributed by atoms with Crippen molar-refractivity contribution in [2.45, 2.75) is 6.42 Å². The lowest BCUT2D eigenvalue weighted by Gasteiger charge is -2.07. The van der Waals surface area contributed by atoms with Gasteiger partial charge in [-0.3, -0.25) is 4.79 Å².